The number of carbonyl (C=O) groups excluding carboxylic acids is 1. The topological polar surface area (TPSA) is 56.8 Å². The van der Waals surface area contributed by atoms with Crippen molar-refractivity contribution in [2.75, 3.05) is 13.7 Å². The number of hydrogen-bond donors (Lipinski definition) is 1. The lowest BCUT2D eigenvalue weighted by molar-refractivity contribution is -0.274. The van der Waals surface area contributed by atoms with Gasteiger partial charge in [0.2, 0.25) is 0 Å². The van der Waals surface area contributed by atoms with Gasteiger partial charge in [-0.25, -0.2) is 4.79 Å². The summed E-state index contributed by atoms with van der Waals surface area (Å²) in [4.78, 5) is 11.2. The normalized spacial score (nSPS) is 18.1. The Bertz CT molecular complexity index is 510. The van der Waals surface area contributed by atoms with Crippen LogP contribution in [0.1, 0.15) is 18.0 Å². The van der Waals surface area contributed by atoms with Gasteiger partial charge in [0, 0.05) is 18.1 Å². The number of halogens is 4. The lowest BCUT2D eigenvalue weighted by Gasteiger charge is -2.25. The highest BCUT2D eigenvalue weighted by atomic mass is 35.5. The van der Waals surface area contributed by atoms with Gasteiger partial charge in [-0.15, -0.1) is 25.6 Å². The van der Waals surface area contributed by atoms with Crippen molar-refractivity contribution in [2.24, 2.45) is 0 Å². The van der Waals surface area contributed by atoms with Crippen LogP contribution in [0, 0.1) is 0 Å². The number of alkyl halides is 3. The van der Waals surface area contributed by atoms with Crippen molar-refractivity contribution in [3.63, 3.8) is 0 Å². The molecule has 0 bridgehead atoms. The summed E-state index contributed by atoms with van der Waals surface area (Å²) in [6.45, 7) is 0.237. The monoisotopic (exact) mass is 327 g/mol. The molecule has 2 rings (SSSR count). The molecule has 1 aromatic carbocycles. The molecule has 1 N–H and O–H groups in total. The van der Waals surface area contributed by atoms with Gasteiger partial charge in [0.25, 0.3) is 0 Å². The van der Waals surface area contributed by atoms with Crippen LogP contribution < -0.4 is 14.8 Å². The molecule has 1 aliphatic heterocycles. The van der Waals surface area contributed by atoms with Gasteiger partial charge in [0.1, 0.15) is 11.5 Å². The molecule has 0 aromatic heterocycles. The predicted octanol–water partition coefficient (Wildman–Crippen LogP) is 3.19. The molecule has 9 heteroatoms. The molecule has 118 valence electrons. The molecule has 1 amide bonds. The van der Waals surface area contributed by atoms with Gasteiger partial charge in [-0.2, -0.15) is 0 Å². The molecule has 1 saturated heterocycles. The first-order valence-electron chi connectivity index (χ1n) is 5.76. The molecule has 1 fully saturated rings. The number of nitrogens with one attached hydrogen (secondary N) is 1. The van der Waals surface area contributed by atoms with E-state index in [2.05, 4.69) is 10.1 Å². The summed E-state index contributed by atoms with van der Waals surface area (Å²) < 4.78 is 50.0. The van der Waals surface area contributed by atoms with Crippen LogP contribution in [0.4, 0.5) is 18.0 Å². The van der Waals surface area contributed by atoms with E-state index in [1.54, 1.807) is 0 Å². The highest BCUT2D eigenvalue weighted by molar-refractivity contribution is 5.85. The Morgan fingerprint density at radius 1 is 1.38 bits per heavy atom. The van der Waals surface area contributed by atoms with E-state index < -0.39 is 12.5 Å². The molecule has 21 heavy (non-hydrogen) atoms. The van der Waals surface area contributed by atoms with Crippen LogP contribution in [0.3, 0.4) is 0 Å². The summed E-state index contributed by atoms with van der Waals surface area (Å²) in [7, 11) is 1.33. The molecule has 1 atom stereocenters. The smallest absolute Gasteiger partial charge is 0.496 e. The van der Waals surface area contributed by atoms with Crippen LogP contribution in [0.2, 0.25) is 0 Å². The summed E-state index contributed by atoms with van der Waals surface area (Å²) in [5.74, 6) is -0.171. The second-order valence-electron chi connectivity index (χ2n) is 4.07. The molecule has 0 radical (unpaired) electrons. The summed E-state index contributed by atoms with van der Waals surface area (Å²) >= 11 is 0. The van der Waals surface area contributed by atoms with E-state index in [1.807, 2.05) is 0 Å². The van der Waals surface area contributed by atoms with Crippen LogP contribution in [-0.2, 0) is 4.74 Å². The number of benzene rings is 1. The van der Waals surface area contributed by atoms with Crippen LogP contribution in [0.5, 0.6) is 11.5 Å². The third-order valence-electron chi connectivity index (χ3n) is 2.75. The molecule has 1 heterocycles. The molecule has 0 saturated carbocycles. The maximum Gasteiger partial charge on any atom is 0.573 e. The molecular weight excluding hydrogens is 315 g/mol. The number of cyclic esters (lactones) is 1. The number of ether oxygens (including phenoxy) is 3. The fourth-order valence-corrected chi connectivity index (χ4v) is 1.94. The lowest BCUT2D eigenvalue weighted by Crippen LogP contribution is -2.35. The van der Waals surface area contributed by atoms with E-state index in [4.69, 9.17) is 9.47 Å². The Hall–Kier alpha value is -1.83. The molecular formula is C12H13ClF3NO4. The first-order chi connectivity index (χ1) is 9.39. The Labute approximate surface area is 124 Å². The van der Waals surface area contributed by atoms with Crippen molar-refractivity contribution in [2.45, 2.75) is 18.8 Å². The maximum absolute atomic E-state index is 12.1. The number of rotatable bonds is 3. The van der Waals surface area contributed by atoms with Crippen molar-refractivity contribution < 1.29 is 32.2 Å². The van der Waals surface area contributed by atoms with E-state index in [0.717, 1.165) is 6.07 Å². The predicted molar refractivity (Wildman–Crippen MR) is 68.8 cm³/mol. The number of alkyl carbamates (subject to hydrolysis) is 1. The van der Waals surface area contributed by atoms with Crippen LogP contribution in [-0.4, -0.2) is 26.2 Å². The Morgan fingerprint density at radius 2 is 2.10 bits per heavy atom. The highest BCUT2D eigenvalue weighted by Crippen LogP contribution is 2.34. The van der Waals surface area contributed by atoms with Gasteiger partial charge in [0.05, 0.1) is 19.8 Å². The van der Waals surface area contributed by atoms with Gasteiger partial charge in [-0.1, -0.05) is 0 Å². The number of hydrogen-bond acceptors (Lipinski definition) is 4. The minimum absolute atomic E-state index is 0. The van der Waals surface area contributed by atoms with Crippen molar-refractivity contribution in [1.29, 1.82) is 0 Å². The van der Waals surface area contributed by atoms with Crippen LogP contribution in [0.15, 0.2) is 18.2 Å². The van der Waals surface area contributed by atoms with Gasteiger partial charge in [-0.05, 0) is 12.1 Å². The van der Waals surface area contributed by atoms with E-state index in [9.17, 15) is 18.0 Å². The average Bonchev–Trinajstić information content (AvgIpc) is 2.36. The average molecular weight is 328 g/mol. The Balaban J connectivity index is 0.00000220. The van der Waals surface area contributed by atoms with Gasteiger partial charge in [-0.3, -0.25) is 0 Å². The fraction of sp³-hybridized carbons (Fsp3) is 0.417. The largest absolute Gasteiger partial charge is 0.573 e. The quantitative estimate of drug-likeness (QED) is 0.926. The number of amides is 1. The third kappa shape index (κ3) is 4.59. The van der Waals surface area contributed by atoms with Crippen molar-refractivity contribution in [3.05, 3.63) is 23.8 Å². The van der Waals surface area contributed by atoms with Crippen molar-refractivity contribution in [3.8, 4) is 11.5 Å². The summed E-state index contributed by atoms with van der Waals surface area (Å²) in [5, 5.41) is 2.57. The minimum Gasteiger partial charge on any atom is -0.496 e. The van der Waals surface area contributed by atoms with Gasteiger partial charge >= 0.3 is 12.5 Å². The second kappa shape index (κ2) is 6.75. The zero-order valence-corrected chi connectivity index (χ0v) is 11.7. The summed E-state index contributed by atoms with van der Waals surface area (Å²) in [6, 6.07) is 3.36. The van der Waals surface area contributed by atoms with E-state index in [0.29, 0.717) is 12.0 Å². The van der Waals surface area contributed by atoms with Gasteiger partial charge < -0.3 is 19.5 Å². The summed E-state index contributed by atoms with van der Waals surface area (Å²) in [5.41, 5.74) is 0.568. The first kappa shape index (κ1) is 17.2. The molecule has 0 spiro atoms. The Morgan fingerprint density at radius 3 is 2.67 bits per heavy atom. The minimum atomic E-state index is -4.76. The van der Waals surface area contributed by atoms with Gasteiger partial charge in [0.15, 0.2) is 0 Å². The number of carbonyl (C=O) groups is 1. The molecule has 5 nitrogen and oxygen atoms in total. The lowest BCUT2D eigenvalue weighted by atomic mass is 10.0. The maximum atomic E-state index is 12.1. The molecule has 1 aliphatic rings. The number of methoxy groups -OCH3 is 1. The van der Waals surface area contributed by atoms with E-state index in [-0.39, 0.29) is 36.6 Å². The fourth-order valence-electron chi connectivity index (χ4n) is 1.94. The van der Waals surface area contributed by atoms with Crippen LogP contribution in [0.25, 0.3) is 0 Å². The SMILES string of the molecule is COc1cc(OC(F)(F)F)ccc1[C@H]1CCOC(=O)N1.Cl. The van der Waals surface area contributed by atoms with Crippen molar-refractivity contribution in [1.82, 2.24) is 5.32 Å². The molecule has 1 aromatic rings. The first-order valence-corrected chi connectivity index (χ1v) is 5.76. The zero-order valence-electron chi connectivity index (χ0n) is 10.9. The van der Waals surface area contributed by atoms with Crippen LogP contribution >= 0.6 is 12.4 Å². The van der Waals surface area contributed by atoms with Crippen molar-refractivity contribution >= 4 is 18.5 Å². The third-order valence-corrected chi connectivity index (χ3v) is 2.75. The van der Waals surface area contributed by atoms with E-state index >= 15 is 0 Å². The Kier molecular flexibility index (Phi) is 5.54. The zero-order chi connectivity index (χ0) is 14.8. The molecule has 0 aliphatic carbocycles. The molecule has 0 unspecified atom stereocenters. The standard InChI is InChI=1S/C12H12F3NO4.ClH/c1-18-10-6-7(20-12(13,14)15)2-3-8(10)9-4-5-19-11(17)16-9;/h2-3,6,9H,4-5H2,1H3,(H,16,17);1H/t9-;/m1./s1. The van der Waals surface area contributed by atoms with E-state index in [1.165, 1.54) is 19.2 Å². The second-order valence-corrected chi connectivity index (χ2v) is 4.07. The summed E-state index contributed by atoms with van der Waals surface area (Å²) in [6.07, 6.45) is -4.83. The highest BCUT2D eigenvalue weighted by Gasteiger charge is 2.32.